The number of halogens is 2. The molecule has 1 saturated carbocycles. The van der Waals surface area contributed by atoms with Gasteiger partial charge < -0.3 is 5.11 Å². The van der Waals surface area contributed by atoms with Gasteiger partial charge in [0.25, 0.3) is 6.43 Å². The summed E-state index contributed by atoms with van der Waals surface area (Å²) in [6, 6.07) is 0. The summed E-state index contributed by atoms with van der Waals surface area (Å²) in [5, 5.41) is 18.6. The fourth-order valence-corrected chi connectivity index (χ4v) is 1.66. The third-order valence-corrected chi connectivity index (χ3v) is 2.67. The zero-order valence-corrected chi connectivity index (χ0v) is 7.60. The third kappa shape index (κ3) is 1.28. The van der Waals surface area contributed by atoms with Crippen molar-refractivity contribution in [2.45, 2.75) is 31.2 Å². The lowest BCUT2D eigenvalue weighted by molar-refractivity contribution is -0.153. The molecule has 0 aromatic carbocycles. The normalized spacial score (nSPS) is 18.9. The molecule has 1 aromatic rings. The SMILES string of the molecule is O=C(O)C1(n2nnnc2C(F)F)CCC1. The Hall–Kier alpha value is -1.60. The van der Waals surface area contributed by atoms with Gasteiger partial charge in [-0.3, -0.25) is 0 Å². The zero-order valence-electron chi connectivity index (χ0n) is 7.60. The lowest BCUT2D eigenvalue weighted by Gasteiger charge is -2.37. The Morgan fingerprint density at radius 1 is 1.53 bits per heavy atom. The van der Waals surface area contributed by atoms with Gasteiger partial charge in [0, 0.05) is 0 Å². The molecular formula is C7H8F2N4O2. The number of nitrogens with zero attached hydrogens (tertiary/aromatic N) is 4. The Kier molecular flexibility index (Phi) is 2.13. The van der Waals surface area contributed by atoms with E-state index in [-0.39, 0.29) is 12.8 Å². The van der Waals surface area contributed by atoms with Crippen LogP contribution >= 0.6 is 0 Å². The Morgan fingerprint density at radius 3 is 2.60 bits per heavy atom. The average Bonchev–Trinajstić information content (AvgIpc) is 2.49. The van der Waals surface area contributed by atoms with Crippen molar-refractivity contribution in [3.05, 3.63) is 5.82 Å². The standard InChI is InChI=1S/C7H8F2N4O2/c8-4(9)5-10-11-12-13(5)7(6(14)15)2-1-3-7/h4H,1-3H2,(H,14,15). The van der Waals surface area contributed by atoms with Gasteiger partial charge in [-0.25, -0.2) is 18.3 Å². The van der Waals surface area contributed by atoms with Gasteiger partial charge in [-0.1, -0.05) is 0 Å². The molecule has 0 aliphatic heterocycles. The number of carboxylic acids is 1. The van der Waals surface area contributed by atoms with Crippen LogP contribution in [0.1, 0.15) is 31.5 Å². The van der Waals surface area contributed by atoms with Crippen LogP contribution in [0.2, 0.25) is 0 Å². The summed E-state index contributed by atoms with van der Waals surface area (Å²) in [6.07, 6.45) is -1.62. The van der Waals surface area contributed by atoms with Crippen molar-refractivity contribution in [2.24, 2.45) is 0 Å². The molecule has 1 fully saturated rings. The molecule has 15 heavy (non-hydrogen) atoms. The van der Waals surface area contributed by atoms with Crippen LogP contribution in [0.15, 0.2) is 0 Å². The maximum absolute atomic E-state index is 12.5. The van der Waals surface area contributed by atoms with Crippen molar-refractivity contribution in [1.29, 1.82) is 0 Å². The monoisotopic (exact) mass is 218 g/mol. The summed E-state index contributed by atoms with van der Waals surface area (Å²) in [6.45, 7) is 0. The molecule has 1 aliphatic carbocycles. The fourth-order valence-electron chi connectivity index (χ4n) is 1.66. The van der Waals surface area contributed by atoms with E-state index in [1.54, 1.807) is 0 Å². The van der Waals surface area contributed by atoms with Crippen LogP contribution in [-0.4, -0.2) is 31.3 Å². The zero-order chi connectivity index (χ0) is 11.1. The van der Waals surface area contributed by atoms with Crippen LogP contribution in [-0.2, 0) is 10.3 Å². The summed E-state index contributed by atoms with van der Waals surface area (Å²) in [5.41, 5.74) is -1.37. The minimum absolute atomic E-state index is 0.285. The number of rotatable bonds is 3. The van der Waals surface area contributed by atoms with Crippen LogP contribution in [0.3, 0.4) is 0 Å². The first kappa shape index (κ1) is 9.94. The second-order valence-corrected chi connectivity index (χ2v) is 3.44. The van der Waals surface area contributed by atoms with E-state index in [1.807, 2.05) is 0 Å². The van der Waals surface area contributed by atoms with E-state index in [2.05, 4.69) is 15.5 Å². The van der Waals surface area contributed by atoms with E-state index in [4.69, 9.17) is 5.11 Å². The van der Waals surface area contributed by atoms with Gasteiger partial charge >= 0.3 is 5.97 Å². The number of alkyl halides is 2. The molecule has 6 nitrogen and oxygen atoms in total. The van der Waals surface area contributed by atoms with Gasteiger partial charge in [0.05, 0.1) is 0 Å². The maximum Gasteiger partial charge on any atom is 0.331 e. The fraction of sp³-hybridized carbons (Fsp3) is 0.714. The summed E-state index contributed by atoms with van der Waals surface area (Å²) in [4.78, 5) is 11.0. The smallest absolute Gasteiger partial charge is 0.331 e. The minimum atomic E-state index is -2.86. The Morgan fingerprint density at radius 2 is 2.20 bits per heavy atom. The molecule has 82 valence electrons. The molecule has 0 saturated heterocycles. The van der Waals surface area contributed by atoms with Gasteiger partial charge in [0.15, 0.2) is 5.54 Å². The van der Waals surface area contributed by atoms with Crippen molar-refractivity contribution in [3.8, 4) is 0 Å². The molecule has 0 bridgehead atoms. The van der Waals surface area contributed by atoms with Gasteiger partial charge in [0.1, 0.15) is 0 Å². The molecule has 0 amide bonds. The molecule has 1 heterocycles. The Labute approximate surface area is 82.9 Å². The summed E-state index contributed by atoms with van der Waals surface area (Å²) in [5.74, 6) is -1.85. The molecule has 0 unspecified atom stereocenters. The lowest BCUT2D eigenvalue weighted by atomic mass is 9.77. The molecule has 8 heteroatoms. The first-order chi connectivity index (χ1) is 7.08. The largest absolute Gasteiger partial charge is 0.479 e. The molecule has 2 rings (SSSR count). The highest BCUT2D eigenvalue weighted by molar-refractivity contribution is 5.77. The van der Waals surface area contributed by atoms with Crippen molar-refractivity contribution in [2.75, 3.05) is 0 Å². The van der Waals surface area contributed by atoms with Gasteiger partial charge in [-0.15, -0.1) is 5.10 Å². The van der Waals surface area contributed by atoms with Gasteiger partial charge in [-0.05, 0) is 29.7 Å². The summed E-state index contributed by atoms with van der Waals surface area (Å²) < 4.78 is 25.7. The van der Waals surface area contributed by atoms with E-state index >= 15 is 0 Å². The van der Waals surface area contributed by atoms with E-state index in [0.717, 1.165) is 4.68 Å². The molecule has 1 aromatic heterocycles. The molecule has 0 spiro atoms. The van der Waals surface area contributed by atoms with Crippen LogP contribution in [0, 0.1) is 0 Å². The molecular weight excluding hydrogens is 210 g/mol. The van der Waals surface area contributed by atoms with E-state index < -0.39 is 23.8 Å². The minimum Gasteiger partial charge on any atom is -0.479 e. The first-order valence-corrected chi connectivity index (χ1v) is 4.38. The highest BCUT2D eigenvalue weighted by Crippen LogP contribution is 2.40. The van der Waals surface area contributed by atoms with E-state index in [9.17, 15) is 13.6 Å². The second kappa shape index (κ2) is 3.21. The van der Waals surface area contributed by atoms with Gasteiger partial charge in [0.2, 0.25) is 5.82 Å². The Bertz CT molecular complexity index is 388. The number of aromatic nitrogens is 4. The number of carbonyl (C=O) groups is 1. The first-order valence-electron chi connectivity index (χ1n) is 4.38. The topological polar surface area (TPSA) is 80.9 Å². The van der Waals surface area contributed by atoms with Crippen LogP contribution < -0.4 is 0 Å². The molecule has 1 N–H and O–H groups in total. The summed E-state index contributed by atoms with van der Waals surface area (Å²) in [7, 11) is 0. The van der Waals surface area contributed by atoms with E-state index in [0.29, 0.717) is 6.42 Å². The predicted octanol–water partition coefficient (Wildman–Crippen LogP) is 0.574. The lowest BCUT2D eigenvalue weighted by Crippen LogP contribution is -2.49. The van der Waals surface area contributed by atoms with Crippen LogP contribution in [0.25, 0.3) is 0 Å². The predicted molar refractivity (Wildman–Crippen MR) is 42.2 cm³/mol. The van der Waals surface area contributed by atoms with Crippen molar-refractivity contribution in [3.63, 3.8) is 0 Å². The highest BCUT2D eigenvalue weighted by Gasteiger charge is 2.49. The van der Waals surface area contributed by atoms with Crippen molar-refractivity contribution in [1.82, 2.24) is 20.2 Å². The number of carboxylic acid groups (broad SMARTS) is 1. The number of aliphatic carboxylic acids is 1. The van der Waals surface area contributed by atoms with Crippen LogP contribution in [0.5, 0.6) is 0 Å². The van der Waals surface area contributed by atoms with Gasteiger partial charge in [-0.2, -0.15) is 0 Å². The number of hydrogen-bond donors (Lipinski definition) is 1. The number of tetrazole rings is 1. The maximum atomic E-state index is 12.5. The summed E-state index contributed by atoms with van der Waals surface area (Å²) >= 11 is 0. The van der Waals surface area contributed by atoms with E-state index in [1.165, 1.54) is 0 Å². The van der Waals surface area contributed by atoms with Crippen molar-refractivity contribution >= 4 is 5.97 Å². The Balaban J connectivity index is 2.43. The highest BCUT2D eigenvalue weighted by atomic mass is 19.3. The molecule has 1 aliphatic rings. The quantitative estimate of drug-likeness (QED) is 0.802. The van der Waals surface area contributed by atoms with Crippen molar-refractivity contribution < 1.29 is 18.7 Å². The second-order valence-electron chi connectivity index (χ2n) is 3.44. The molecule has 0 radical (unpaired) electrons. The number of hydrogen-bond acceptors (Lipinski definition) is 4. The third-order valence-electron chi connectivity index (χ3n) is 2.67. The molecule has 0 atom stereocenters. The van der Waals surface area contributed by atoms with Crippen LogP contribution in [0.4, 0.5) is 8.78 Å². The average molecular weight is 218 g/mol.